The number of benzene rings is 2. The van der Waals surface area contributed by atoms with Crippen LogP contribution in [0.5, 0.6) is 5.75 Å². The van der Waals surface area contributed by atoms with Crippen LogP contribution in [-0.4, -0.2) is 57.5 Å². The smallest absolute Gasteiger partial charge is 0.344 e. The summed E-state index contributed by atoms with van der Waals surface area (Å²) in [4.78, 5) is 15.1. The number of hydrogen-bond acceptors (Lipinski definition) is 7. The number of likely N-dealkylation sites (tertiary alicyclic amines) is 1. The Bertz CT molecular complexity index is 1150. The van der Waals surface area contributed by atoms with E-state index in [0.29, 0.717) is 29.1 Å². The first-order valence-corrected chi connectivity index (χ1v) is 11.7. The van der Waals surface area contributed by atoms with Crippen molar-refractivity contribution in [1.82, 2.24) is 4.90 Å². The molecule has 3 aliphatic rings. The van der Waals surface area contributed by atoms with E-state index in [1.165, 1.54) is 0 Å². The summed E-state index contributed by atoms with van der Waals surface area (Å²) in [7, 11) is 1.99. The third-order valence-corrected chi connectivity index (χ3v) is 8.16. The number of carbonyl (C=O) groups excluding carboxylic acids is 1. The Hall–Kier alpha value is -2.71. The van der Waals surface area contributed by atoms with Crippen LogP contribution in [0.2, 0.25) is 0 Å². The summed E-state index contributed by atoms with van der Waals surface area (Å²) in [6.45, 7) is 4.50. The van der Waals surface area contributed by atoms with Crippen LogP contribution in [0.15, 0.2) is 54.3 Å². The number of aryl methyl sites for hydroxylation is 1. The SMILES string of the molecule is C.Cc1ccc(CO)c2c1[C@]13CCN(C)[C@H](C)[C@]1(O)CC=C(OC(=O)[C@H](O)c1ccccc1)[C@@H]3O2. The van der Waals surface area contributed by atoms with Crippen molar-refractivity contribution in [2.45, 2.75) is 70.0 Å². The molecular weight excluding hydrogens is 446 g/mol. The second-order valence-electron chi connectivity index (χ2n) is 9.75. The molecule has 5 atom stereocenters. The number of piperidine rings is 1. The molecule has 0 unspecified atom stereocenters. The molecule has 3 N–H and O–H groups in total. The molecule has 2 aliphatic heterocycles. The van der Waals surface area contributed by atoms with Crippen LogP contribution in [0, 0.1) is 6.92 Å². The Balaban J connectivity index is 0.00000289. The van der Waals surface area contributed by atoms with Crippen LogP contribution in [0.25, 0.3) is 0 Å². The van der Waals surface area contributed by atoms with Gasteiger partial charge in [-0.05, 0) is 51.1 Å². The third-order valence-electron chi connectivity index (χ3n) is 8.16. The van der Waals surface area contributed by atoms with Gasteiger partial charge in [-0.15, -0.1) is 0 Å². The fourth-order valence-corrected chi connectivity index (χ4v) is 6.14. The molecule has 2 aromatic carbocycles. The van der Waals surface area contributed by atoms with E-state index < -0.39 is 29.2 Å². The largest absolute Gasteiger partial charge is 0.481 e. The fourth-order valence-electron chi connectivity index (χ4n) is 6.14. The van der Waals surface area contributed by atoms with Gasteiger partial charge in [0.25, 0.3) is 0 Å². The van der Waals surface area contributed by atoms with E-state index in [1.54, 1.807) is 30.3 Å². The van der Waals surface area contributed by atoms with Gasteiger partial charge in [-0.1, -0.05) is 49.9 Å². The Kier molecular flexibility index (Phi) is 6.57. The highest BCUT2D eigenvalue weighted by atomic mass is 16.6. The van der Waals surface area contributed by atoms with Crippen molar-refractivity contribution in [3.8, 4) is 5.75 Å². The highest BCUT2D eigenvalue weighted by molar-refractivity contribution is 5.77. The number of hydrogen-bond donors (Lipinski definition) is 3. The molecule has 2 aromatic rings. The van der Waals surface area contributed by atoms with Crippen molar-refractivity contribution in [2.75, 3.05) is 13.6 Å². The number of likely N-dealkylation sites (N-methyl/N-ethyl adjacent to an activating group) is 1. The minimum Gasteiger partial charge on any atom is -0.481 e. The van der Waals surface area contributed by atoms with Crippen molar-refractivity contribution in [3.63, 3.8) is 0 Å². The lowest BCUT2D eigenvalue weighted by atomic mass is 9.54. The first-order valence-electron chi connectivity index (χ1n) is 11.7. The number of aliphatic hydroxyl groups is 3. The molecule has 1 aliphatic carbocycles. The number of ether oxygens (including phenoxy) is 2. The van der Waals surface area contributed by atoms with Gasteiger partial charge in [-0.3, -0.25) is 0 Å². The predicted molar refractivity (Wildman–Crippen MR) is 132 cm³/mol. The maximum absolute atomic E-state index is 12.9. The van der Waals surface area contributed by atoms with Crippen molar-refractivity contribution >= 4 is 5.97 Å². The molecule has 7 nitrogen and oxygen atoms in total. The van der Waals surface area contributed by atoms with Crippen molar-refractivity contribution in [1.29, 1.82) is 0 Å². The van der Waals surface area contributed by atoms with E-state index in [-0.39, 0.29) is 26.5 Å². The van der Waals surface area contributed by atoms with Crippen LogP contribution in [0.3, 0.4) is 0 Å². The molecule has 188 valence electrons. The molecule has 5 rings (SSSR count). The van der Waals surface area contributed by atoms with Gasteiger partial charge >= 0.3 is 5.97 Å². The molecule has 7 heteroatoms. The zero-order chi connectivity index (χ0) is 24.3. The number of nitrogens with zero attached hydrogens (tertiary/aromatic N) is 1. The molecule has 0 bridgehead atoms. The monoisotopic (exact) mass is 481 g/mol. The minimum atomic E-state index is -1.44. The summed E-state index contributed by atoms with van der Waals surface area (Å²) in [6, 6.07) is 12.2. The van der Waals surface area contributed by atoms with Gasteiger partial charge in [-0.25, -0.2) is 4.79 Å². The summed E-state index contributed by atoms with van der Waals surface area (Å²) >= 11 is 0. The number of fused-ring (bicyclic) bond motifs is 1. The average Bonchev–Trinajstić information content (AvgIpc) is 3.21. The molecule has 35 heavy (non-hydrogen) atoms. The van der Waals surface area contributed by atoms with E-state index >= 15 is 0 Å². The zero-order valence-corrected chi connectivity index (χ0v) is 19.7. The maximum Gasteiger partial charge on any atom is 0.344 e. The molecule has 0 radical (unpaired) electrons. The lowest BCUT2D eigenvalue weighted by molar-refractivity contribution is -0.166. The summed E-state index contributed by atoms with van der Waals surface area (Å²) < 4.78 is 12.2. The molecule has 0 aromatic heterocycles. The first-order chi connectivity index (χ1) is 16.2. The van der Waals surface area contributed by atoms with Gasteiger partial charge in [0.2, 0.25) is 0 Å². The number of aliphatic hydroxyl groups excluding tert-OH is 2. The van der Waals surface area contributed by atoms with E-state index in [9.17, 15) is 20.1 Å². The molecule has 2 heterocycles. The normalized spacial score (nSPS) is 30.1. The number of carbonyl (C=O) groups is 1. The van der Waals surface area contributed by atoms with Crippen molar-refractivity contribution in [3.05, 3.63) is 76.6 Å². The lowest BCUT2D eigenvalue weighted by Gasteiger charge is -2.58. The Morgan fingerprint density at radius 3 is 2.66 bits per heavy atom. The van der Waals surface area contributed by atoms with Gasteiger partial charge in [0.05, 0.1) is 17.6 Å². The van der Waals surface area contributed by atoms with Crippen LogP contribution >= 0.6 is 0 Å². The lowest BCUT2D eigenvalue weighted by Crippen LogP contribution is -2.71. The molecule has 1 fully saturated rings. The molecule has 0 saturated carbocycles. The maximum atomic E-state index is 12.9. The Morgan fingerprint density at radius 1 is 1.26 bits per heavy atom. The van der Waals surface area contributed by atoms with Crippen LogP contribution < -0.4 is 4.74 Å². The third kappa shape index (κ3) is 3.52. The van der Waals surface area contributed by atoms with E-state index in [0.717, 1.165) is 17.7 Å². The van der Waals surface area contributed by atoms with Crippen molar-refractivity contribution in [2.24, 2.45) is 0 Å². The van der Waals surface area contributed by atoms with Gasteiger partial charge in [0.1, 0.15) is 11.5 Å². The number of esters is 1. The summed E-state index contributed by atoms with van der Waals surface area (Å²) in [5.74, 6) is 0.0497. The second-order valence-corrected chi connectivity index (χ2v) is 9.75. The zero-order valence-electron chi connectivity index (χ0n) is 19.7. The highest BCUT2D eigenvalue weighted by Gasteiger charge is 2.69. The summed E-state index contributed by atoms with van der Waals surface area (Å²) in [5.41, 5.74) is 0.873. The fraction of sp³-hybridized carbons (Fsp3) is 0.464. The molecule has 1 saturated heterocycles. The van der Waals surface area contributed by atoms with Crippen molar-refractivity contribution < 1.29 is 29.6 Å². The average molecular weight is 482 g/mol. The number of rotatable bonds is 4. The van der Waals surface area contributed by atoms with E-state index in [1.807, 2.05) is 39.1 Å². The standard InChI is InChI=1S/C27H31NO6.CH4/c1-16-9-10-19(15-29)23-21(16)26-13-14-28(3)17(2)27(26,32)12-11-20(24(26)34-23)33-25(31)22(30)18-7-5-4-6-8-18;/h4-11,17,22,24,29-30,32H,12-15H2,1-3H3;1H4/t17-,22-,24+,26+,27-;/m1./s1. The van der Waals surface area contributed by atoms with Crippen LogP contribution in [0.1, 0.15) is 55.5 Å². The van der Waals surface area contributed by atoms with E-state index in [2.05, 4.69) is 4.90 Å². The van der Waals surface area contributed by atoms with Gasteiger partial charge in [-0.2, -0.15) is 0 Å². The topological polar surface area (TPSA) is 99.5 Å². The quantitative estimate of drug-likeness (QED) is 0.577. The Morgan fingerprint density at radius 2 is 1.97 bits per heavy atom. The molecular formula is C28H35NO6. The predicted octanol–water partition coefficient (Wildman–Crippen LogP) is 3.14. The first kappa shape index (κ1) is 25.4. The summed E-state index contributed by atoms with van der Waals surface area (Å²) in [5, 5.41) is 32.8. The molecule has 1 spiro atoms. The van der Waals surface area contributed by atoms with E-state index in [4.69, 9.17) is 9.47 Å². The van der Waals surface area contributed by atoms with Crippen LogP contribution in [0.4, 0.5) is 0 Å². The molecule has 0 amide bonds. The highest BCUT2D eigenvalue weighted by Crippen LogP contribution is 2.61. The minimum absolute atomic E-state index is 0. The van der Waals surface area contributed by atoms with Crippen LogP contribution in [-0.2, 0) is 21.6 Å². The van der Waals surface area contributed by atoms with Gasteiger partial charge < -0.3 is 29.7 Å². The van der Waals surface area contributed by atoms with Gasteiger partial charge in [0.15, 0.2) is 12.2 Å². The summed E-state index contributed by atoms with van der Waals surface area (Å²) in [6.07, 6.45) is 0.386. The van der Waals surface area contributed by atoms with Gasteiger partial charge in [0, 0.05) is 23.6 Å². The Labute approximate surface area is 206 Å². The second kappa shape index (κ2) is 9.06.